The molecule has 5 rings (SSSR count). The number of aliphatic imine (C=N–C) groups is 1. The molecule has 1 amide bonds. The number of carbonyl (C=O) groups excluding carboxylic acids is 1. The molecular formula is C33H38N10O5. The van der Waals surface area contributed by atoms with Gasteiger partial charge in [-0.25, -0.2) is 10.4 Å². The van der Waals surface area contributed by atoms with Gasteiger partial charge in [-0.1, -0.05) is 58.8 Å². The van der Waals surface area contributed by atoms with Crippen molar-refractivity contribution in [1.82, 2.24) is 15.8 Å². The normalized spacial score (nSPS) is 18.9. The molecule has 0 saturated carbocycles. The molecule has 15 nitrogen and oxygen atoms in total. The number of ether oxygens (including phenoxy) is 3. The van der Waals surface area contributed by atoms with Gasteiger partial charge in [0.2, 0.25) is 5.90 Å². The van der Waals surface area contributed by atoms with E-state index in [2.05, 4.69) is 35.8 Å². The van der Waals surface area contributed by atoms with Crippen molar-refractivity contribution in [3.05, 3.63) is 116 Å². The first-order valence-corrected chi connectivity index (χ1v) is 15.7. The zero-order valence-corrected chi connectivity index (χ0v) is 26.4. The molecule has 1 fully saturated rings. The summed E-state index contributed by atoms with van der Waals surface area (Å²) in [5.74, 6) is 0.381. The van der Waals surface area contributed by atoms with Crippen LogP contribution in [0, 0.1) is 0 Å². The maximum Gasteiger partial charge on any atom is 0.266 e. The van der Waals surface area contributed by atoms with Gasteiger partial charge in [0.15, 0.2) is 11.6 Å². The minimum absolute atomic E-state index is 0.0194. The van der Waals surface area contributed by atoms with Crippen molar-refractivity contribution >= 4 is 17.5 Å². The first-order valence-electron chi connectivity index (χ1n) is 15.7. The summed E-state index contributed by atoms with van der Waals surface area (Å²) in [6.45, 7) is 4.57. The number of amides is 1. The van der Waals surface area contributed by atoms with Crippen molar-refractivity contribution < 1.29 is 24.1 Å². The number of morpholine rings is 1. The number of hydrogen-bond acceptors (Lipinski definition) is 10. The van der Waals surface area contributed by atoms with E-state index in [0.717, 1.165) is 13.1 Å². The Morgan fingerprint density at radius 2 is 1.79 bits per heavy atom. The lowest BCUT2D eigenvalue weighted by Crippen LogP contribution is -2.55. The van der Waals surface area contributed by atoms with E-state index < -0.39 is 17.6 Å². The monoisotopic (exact) mass is 654 g/mol. The summed E-state index contributed by atoms with van der Waals surface area (Å²) in [6, 6.07) is 21.5. The van der Waals surface area contributed by atoms with Gasteiger partial charge in [0.25, 0.3) is 5.91 Å². The highest BCUT2D eigenvalue weighted by atomic mass is 16.5. The number of hydrazine groups is 1. The Balaban J connectivity index is 1.55. The molecule has 0 radical (unpaired) electrons. The van der Waals surface area contributed by atoms with Crippen LogP contribution in [0.1, 0.15) is 34.8 Å². The predicted octanol–water partition coefficient (Wildman–Crippen LogP) is 4.65. The molecule has 15 heteroatoms. The fourth-order valence-electron chi connectivity index (χ4n) is 5.69. The lowest BCUT2D eigenvalue weighted by molar-refractivity contribution is -0.130. The van der Waals surface area contributed by atoms with Crippen LogP contribution in [0.15, 0.2) is 88.0 Å². The number of benzene rings is 3. The molecule has 3 aromatic rings. The molecule has 0 bridgehead atoms. The maximum absolute atomic E-state index is 14.6. The molecule has 0 spiro atoms. The number of aliphatic hydroxyl groups is 1. The minimum atomic E-state index is -1.59. The van der Waals surface area contributed by atoms with Gasteiger partial charge in [-0.2, -0.15) is 0 Å². The standard InChI is InChI=1S/C33H38N10O5/c34-41-37-23-26-7-1-3-8-28(26)30-33(22-25-6-2-4-9-29(25)39-42-35,32(45)40-36-14-15-43-16-20-46-21-17-43)38-31(48-30)24-10-12-27(13-11-24)47-19-5-18-44/h1-4,6-13,30,36,44H,5,14-23H2,(H,40,45)/t30-,33-/m0/s1. The van der Waals surface area contributed by atoms with E-state index in [0.29, 0.717) is 73.0 Å². The Bertz CT molecular complexity index is 1670. The Morgan fingerprint density at radius 3 is 2.54 bits per heavy atom. The van der Waals surface area contributed by atoms with E-state index in [-0.39, 0.29) is 25.5 Å². The summed E-state index contributed by atoms with van der Waals surface area (Å²) in [4.78, 5) is 27.8. The molecule has 2 aliphatic heterocycles. The number of nitrogens with one attached hydrogen (secondary N) is 2. The number of nitrogens with zero attached hydrogens (tertiary/aromatic N) is 8. The van der Waals surface area contributed by atoms with Crippen LogP contribution in [0.4, 0.5) is 5.69 Å². The molecule has 48 heavy (non-hydrogen) atoms. The van der Waals surface area contributed by atoms with Crippen molar-refractivity contribution in [3.8, 4) is 5.75 Å². The van der Waals surface area contributed by atoms with Crippen LogP contribution in [0.25, 0.3) is 20.9 Å². The fourth-order valence-corrected chi connectivity index (χ4v) is 5.69. The topological polar surface area (TPSA) is 202 Å². The van der Waals surface area contributed by atoms with Crippen molar-refractivity contribution in [1.29, 1.82) is 0 Å². The van der Waals surface area contributed by atoms with Gasteiger partial charge in [0.05, 0.1) is 26.4 Å². The average Bonchev–Trinajstić information content (AvgIpc) is 3.51. The second-order valence-electron chi connectivity index (χ2n) is 11.2. The largest absolute Gasteiger partial charge is 0.494 e. The predicted molar refractivity (Wildman–Crippen MR) is 178 cm³/mol. The SMILES string of the molecule is [N-]=[N+]=NCc1ccccc1[C@@H]1OC(c2ccc(OCCCO)cc2)=N[C@]1(Cc1ccccc1N=[N+]=[N-])C(=O)NNCCN1CCOCC1. The minimum Gasteiger partial charge on any atom is -0.494 e. The fraction of sp³-hybridized carbons (Fsp3) is 0.394. The van der Waals surface area contributed by atoms with Gasteiger partial charge in [0.1, 0.15) is 5.75 Å². The number of carbonyl (C=O) groups is 1. The summed E-state index contributed by atoms with van der Waals surface area (Å²) < 4.78 is 17.8. The van der Waals surface area contributed by atoms with Gasteiger partial charge < -0.3 is 19.3 Å². The van der Waals surface area contributed by atoms with E-state index >= 15 is 0 Å². The lowest BCUT2D eigenvalue weighted by Gasteiger charge is -2.32. The first-order chi connectivity index (χ1) is 23.6. The van der Waals surface area contributed by atoms with Gasteiger partial charge >= 0.3 is 0 Å². The molecule has 2 atom stereocenters. The van der Waals surface area contributed by atoms with Crippen LogP contribution < -0.4 is 15.6 Å². The zero-order chi connectivity index (χ0) is 33.6. The Labute approximate surface area is 277 Å². The van der Waals surface area contributed by atoms with E-state index in [1.165, 1.54) is 0 Å². The van der Waals surface area contributed by atoms with Crippen molar-refractivity contribution in [3.63, 3.8) is 0 Å². The third-order valence-electron chi connectivity index (χ3n) is 8.13. The summed E-state index contributed by atoms with van der Waals surface area (Å²) >= 11 is 0. The maximum atomic E-state index is 14.6. The lowest BCUT2D eigenvalue weighted by atomic mass is 9.80. The molecular weight excluding hydrogens is 616 g/mol. The molecule has 3 N–H and O–H groups in total. The molecule has 0 aliphatic carbocycles. The van der Waals surface area contributed by atoms with E-state index in [1.807, 2.05) is 24.3 Å². The Morgan fingerprint density at radius 1 is 1.04 bits per heavy atom. The van der Waals surface area contributed by atoms with Gasteiger partial charge in [0, 0.05) is 66.7 Å². The van der Waals surface area contributed by atoms with Crippen LogP contribution >= 0.6 is 0 Å². The number of azide groups is 2. The summed E-state index contributed by atoms with van der Waals surface area (Å²) in [5.41, 5.74) is 25.6. The van der Waals surface area contributed by atoms with Crippen molar-refractivity contribution in [2.75, 3.05) is 52.6 Å². The first kappa shape index (κ1) is 34.2. The summed E-state index contributed by atoms with van der Waals surface area (Å²) in [6.07, 6.45) is -0.437. The van der Waals surface area contributed by atoms with E-state index in [9.17, 15) is 10.3 Å². The van der Waals surface area contributed by atoms with Crippen molar-refractivity contribution in [2.45, 2.75) is 31.0 Å². The Kier molecular flexibility index (Phi) is 12.2. The number of aliphatic hydroxyl groups excluding tert-OH is 1. The molecule has 1 saturated heterocycles. The third kappa shape index (κ3) is 8.41. The highest BCUT2D eigenvalue weighted by Crippen LogP contribution is 2.44. The van der Waals surface area contributed by atoms with Crippen LogP contribution in [0.3, 0.4) is 0 Å². The average molecular weight is 655 g/mol. The Hall–Kier alpha value is -5.14. The highest BCUT2D eigenvalue weighted by Gasteiger charge is 2.54. The third-order valence-corrected chi connectivity index (χ3v) is 8.13. The highest BCUT2D eigenvalue weighted by molar-refractivity contribution is 6.01. The van der Waals surface area contributed by atoms with Gasteiger partial charge in [-0.05, 0) is 52.0 Å². The molecule has 0 aromatic heterocycles. The van der Waals surface area contributed by atoms with E-state index in [4.69, 9.17) is 29.8 Å². The van der Waals surface area contributed by atoms with Crippen LogP contribution in [0.2, 0.25) is 0 Å². The van der Waals surface area contributed by atoms with E-state index in [1.54, 1.807) is 48.5 Å². The van der Waals surface area contributed by atoms with Crippen LogP contribution in [0.5, 0.6) is 5.75 Å². The zero-order valence-electron chi connectivity index (χ0n) is 26.4. The number of rotatable bonds is 16. The van der Waals surface area contributed by atoms with Crippen LogP contribution in [-0.4, -0.2) is 80.0 Å². The molecule has 2 heterocycles. The second kappa shape index (κ2) is 17.1. The van der Waals surface area contributed by atoms with Crippen LogP contribution in [-0.2, 0) is 27.2 Å². The summed E-state index contributed by atoms with van der Waals surface area (Å²) in [7, 11) is 0. The quantitative estimate of drug-likeness (QED) is 0.0655. The molecule has 250 valence electrons. The molecule has 2 aliphatic rings. The van der Waals surface area contributed by atoms with Crippen molar-refractivity contribution in [2.24, 2.45) is 15.2 Å². The molecule has 3 aromatic carbocycles. The molecule has 0 unspecified atom stereocenters. The van der Waals surface area contributed by atoms with Gasteiger partial charge in [-0.3, -0.25) is 15.1 Å². The van der Waals surface area contributed by atoms with Gasteiger partial charge in [-0.15, -0.1) is 0 Å². The summed E-state index contributed by atoms with van der Waals surface area (Å²) in [5, 5.41) is 16.8. The number of hydrogen-bond donors (Lipinski definition) is 3. The second-order valence-corrected chi connectivity index (χ2v) is 11.2. The smallest absolute Gasteiger partial charge is 0.266 e.